The number of thiophene rings is 1. The van der Waals surface area contributed by atoms with Crippen LogP contribution in [0.3, 0.4) is 0 Å². The summed E-state index contributed by atoms with van der Waals surface area (Å²) >= 11 is 1.57. The molecule has 0 saturated carbocycles. The predicted molar refractivity (Wildman–Crippen MR) is 136 cm³/mol. The van der Waals surface area contributed by atoms with E-state index in [-0.39, 0.29) is 11.8 Å². The number of aliphatic imine (C=N–C) groups is 1. The van der Waals surface area contributed by atoms with E-state index in [0.29, 0.717) is 19.7 Å². The average molecular weight is 493 g/mol. The average Bonchev–Trinajstić information content (AvgIpc) is 3.43. The number of nitrogens with one attached hydrogen (secondary N) is 2. The molecule has 0 aromatic carbocycles. The van der Waals surface area contributed by atoms with Crippen LogP contribution in [0.4, 0.5) is 9.80 Å². The summed E-state index contributed by atoms with van der Waals surface area (Å²) in [6.07, 6.45) is 12.3. The van der Waals surface area contributed by atoms with E-state index in [4.69, 9.17) is 4.74 Å². The zero-order valence-electron chi connectivity index (χ0n) is 19.6. The number of alkyl carbamates (subject to hydrolysis) is 1. The number of hydrogen-bond acceptors (Lipinski definition) is 7. The summed E-state index contributed by atoms with van der Waals surface area (Å²) in [5, 5.41) is 10.6. The molecule has 3 heterocycles. The van der Waals surface area contributed by atoms with Crippen LogP contribution in [0.5, 0.6) is 0 Å². The number of nitrogens with zero attached hydrogens (tertiary/aromatic N) is 4. The molecule has 1 unspecified atom stereocenters. The first-order valence-electron chi connectivity index (χ1n) is 11.3. The number of pyridine rings is 1. The van der Waals surface area contributed by atoms with E-state index >= 15 is 0 Å². The van der Waals surface area contributed by atoms with E-state index in [2.05, 4.69) is 32.4 Å². The van der Waals surface area contributed by atoms with E-state index in [9.17, 15) is 9.59 Å². The van der Waals surface area contributed by atoms with Gasteiger partial charge in [0.1, 0.15) is 5.00 Å². The van der Waals surface area contributed by atoms with Gasteiger partial charge in [0, 0.05) is 54.3 Å². The van der Waals surface area contributed by atoms with Crippen LogP contribution in [0, 0.1) is 5.92 Å². The van der Waals surface area contributed by atoms with Gasteiger partial charge in [-0.25, -0.2) is 4.79 Å². The summed E-state index contributed by atoms with van der Waals surface area (Å²) in [6.45, 7) is 4.81. The minimum Gasteiger partial charge on any atom is -0.449 e. The largest absolute Gasteiger partial charge is 0.449 e. The van der Waals surface area contributed by atoms with Crippen molar-refractivity contribution in [3.8, 4) is 0 Å². The molecule has 182 valence electrons. The summed E-state index contributed by atoms with van der Waals surface area (Å²) in [6, 6.07) is 3.71. The third-order valence-corrected chi connectivity index (χ3v) is 6.95. The van der Waals surface area contributed by atoms with Crippen LogP contribution in [0.2, 0.25) is 0 Å². The number of aromatic nitrogens is 3. The Hall–Kier alpha value is -3.79. The zero-order chi connectivity index (χ0) is 24.6. The first-order valence-corrected chi connectivity index (χ1v) is 12.2. The van der Waals surface area contributed by atoms with E-state index in [0.717, 1.165) is 41.0 Å². The number of aryl methyl sites for hydroxylation is 1. The molecule has 0 aliphatic heterocycles. The Balaban J connectivity index is 1.33. The third-order valence-electron chi connectivity index (χ3n) is 5.74. The van der Waals surface area contributed by atoms with E-state index in [1.807, 2.05) is 25.4 Å². The molecule has 1 atom stereocenters. The van der Waals surface area contributed by atoms with E-state index in [1.54, 1.807) is 40.7 Å². The molecule has 2 amide bonds. The smallest absolute Gasteiger partial charge is 0.407 e. The highest BCUT2D eigenvalue weighted by atomic mass is 32.1. The lowest BCUT2D eigenvalue weighted by molar-refractivity contribution is -0.111. The maximum atomic E-state index is 12.5. The third kappa shape index (κ3) is 6.63. The Morgan fingerprint density at radius 3 is 3.03 bits per heavy atom. The number of rotatable bonds is 9. The summed E-state index contributed by atoms with van der Waals surface area (Å²) in [5.74, 6) is 0.0202. The molecule has 1 aliphatic rings. The number of ether oxygens (including phenoxy) is 1. The maximum absolute atomic E-state index is 12.5. The predicted octanol–water partition coefficient (Wildman–Crippen LogP) is 3.76. The number of hydrogen-bond donors (Lipinski definition) is 2. The second-order valence-electron chi connectivity index (χ2n) is 8.39. The van der Waals surface area contributed by atoms with E-state index < -0.39 is 6.09 Å². The van der Waals surface area contributed by atoms with Gasteiger partial charge in [-0.1, -0.05) is 6.07 Å². The number of carbonyl (C=O) groups is 2. The van der Waals surface area contributed by atoms with Crippen molar-refractivity contribution < 1.29 is 14.3 Å². The van der Waals surface area contributed by atoms with Crippen molar-refractivity contribution in [3.63, 3.8) is 0 Å². The second kappa shape index (κ2) is 11.6. The Morgan fingerprint density at radius 2 is 2.29 bits per heavy atom. The van der Waals surface area contributed by atoms with Gasteiger partial charge >= 0.3 is 6.09 Å². The van der Waals surface area contributed by atoms with Gasteiger partial charge in [-0.15, -0.1) is 11.3 Å². The van der Waals surface area contributed by atoms with Crippen LogP contribution in [0.25, 0.3) is 6.08 Å². The first-order chi connectivity index (χ1) is 17.0. The van der Waals surface area contributed by atoms with Gasteiger partial charge in [-0.3, -0.25) is 19.5 Å². The minimum absolute atomic E-state index is 0.206. The standard InChI is InChI=1S/C25H28N6O3S/c1-26-14-21-20-7-5-18(16-34-25(33)28-12-19-13-29-31(2)15-19)10-22(20)35-24(21)30-23(32)8-6-17-4-3-9-27-11-17/h3-4,6,8-9,11,13,15,18H,1,5,7,10,12,14,16H2,2H3,(H,28,33)(H,30,32)/b8-6+. The molecule has 0 radical (unpaired) electrons. The number of amides is 2. The number of anilines is 1. The minimum atomic E-state index is -0.435. The molecular formula is C25H28N6O3S. The molecule has 2 N–H and O–H groups in total. The molecular weight excluding hydrogens is 464 g/mol. The van der Waals surface area contributed by atoms with Gasteiger partial charge in [0.2, 0.25) is 5.91 Å². The summed E-state index contributed by atoms with van der Waals surface area (Å²) in [7, 11) is 1.83. The summed E-state index contributed by atoms with van der Waals surface area (Å²) in [5.41, 5.74) is 4.02. The normalized spacial score (nSPS) is 14.9. The van der Waals surface area contributed by atoms with Crippen LogP contribution in [-0.4, -0.2) is 40.1 Å². The topological polar surface area (TPSA) is 110 Å². The van der Waals surface area contributed by atoms with Crippen molar-refractivity contribution in [3.05, 3.63) is 70.1 Å². The molecule has 0 fully saturated rings. The molecule has 4 rings (SSSR count). The molecule has 10 heteroatoms. The van der Waals surface area contributed by atoms with Gasteiger partial charge in [0.15, 0.2) is 0 Å². The van der Waals surface area contributed by atoms with Gasteiger partial charge < -0.3 is 15.4 Å². The molecule has 3 aromatic heterocycles. The zero-order valence-corrected chi connectivity index (χ0v) is 20.4. The Kier molecular flexibility index (Phi) is 8.04. The highest BCUT2D eigenvalue weighted by Gasteiger charge is 2.26. The van der Waals surface area contributed by atoms with Gasteiger partial charge in [-0.05, 0) is 55.2 Å². The Morgan fingerprint density at radius 1 is 1.40 bits per heavy atom. The van der Waals surface area contributed by atoms with Crippen molar-refractivity contribution >= 4 is 41.1 Å². The summed E-state index contributed by atoms with van der Waals surface area (Å²) in [4.78, 5) is 34.0. The van der Waals surface area contributed by atoms with Crippen LogP contribution >= 0.6 is 11.3 Å². The van der Waals surface area contributed by atoms with Crippen molar-refractivity contribution in [1.82, 2.24) is 20.1 Å². The Bertz CT molecular complexity index is 1220. The Labute approximate surface area is 207 Å². The van der Waals surface area contributed by atoms with Gasteiger partial charge in [-0.2, -0.15) is 5.10 Å². The first kappa shape index (κ1) is 24.3. The fraction of sp³-hybridized carbons (Fsp3) is 0.320. The fourth-order valence-corrected chi connectivity index (χ4v) is 5.40. The molecule has 0 saturated heterocycles. The van der Waals surface area contributed by atoms with Crippen molar-refractivity contribution in [2.45, 2.75) is 32.4 Å². The second-order valence-corrected chi connectivity index (χ2v) is 9.49. The van der Waals surface area contributed by atoms with Crippen molar-refractivity contribution in [2.24, 2.45) is 18.0 Å². The van der Waals surface area contributed by atoms with Crippen LogP contribution < -0.4 is 10.6 Å². The fourth-order valence-electron chi connectivity index (χ4n) is 4.02. The van der Waals surface area contributed by atoms with Crippen LogP contribution in [0.15, 0.2) is 48.0 Å². The number of carbonyl (C=O) groups excluding carboxylic acids is 2. The van der Waals surface area contributed by atoms with Crippen LogP contribution in [0.1, 0.15) is 33.6 Å². The molecule has 1 aliphatic carbocycles. The molecule has 9 nitrogen and oxygen atoms in total. The monoisotopic (exact) mass is 492 g/mol. The highest BCUT2D eigenvalue weighted by Crippen LogP contribution is 2.40. The summed E-state index contributed by atoms with van der Waals surface area (Å²) < 4.78 is 7.15. The van der Waals surface area contributed by atoms with Crippen molar-refractivity contribution in [2.75, 3.05) is 11.9 Å². The molecule has 0 bridgehead atoms. The maximum Gasteiger partial charge on any atom is 0.407 e. The highest BCUT2D eigenvalue weighted by molar-refractivity contribution is 7.16. The van der Waals surface area contributed by atoms with Gasteiger partial charge in [0.05, 0.1) is 19.3 Å². The molecule has 3 aromatic rings. The van der Waals surface area contributed by atoms with Crippen LogP contribution in [-0.2, 0) is 42.5 Å². The SMILES string of the molecule is C=NCc1c(NC(=O)/C=C/c2cccnc2)sc2c1CCC(COC(=O)NCc1cnn(C)c1)C2. The number of fused-ring (bicyclic) bond motifs is 1. The lowest BCUT2D eigenvalue weighted by atomic mass is 9.87. The quantitative estimate of drug-likeness (QED) is 0.349. The molecule has 0 spiro atoms. The van der Waals surface area contributed by atoms with Gasteiger partial charge in [0.25, 0.3) is 0 Å². The lowest BCUT2D eigenvalue weighted by Gasteiger charge is -2.22. The lowest BCUT2D eigenvalue weighted by Crippen LogP contribution is -2.27. The molecule has 35 heavy (non-hydrogen) atoms. The van der Waals surface area contributed by atoms with E-state index in [1.165, 1.54) is 16.5 Å². The van der Waals surface area contributed by atoms with Crippen molar-refractivity contribution in [1.29, 1.82) is 0 Å².